The maximum absolute atomic E-state index is 5.96. The average Bonchev–Trinajstić information content (AvgIpc) is 2.70. The van der Waals surface area contributed by atoms with Crippen LogP contribution in [-0.2, 0) is 13.1 Å². The normalized spacial score (nSPS) is 10.7. The van der Waals surface area contributed by atoms with Gasteiger partial charge in [-0.1, -0.05) is 17.7 Å². The van der Waals surface area contributed by atoms with Crippen LogP contribution in [0.25, 0.3) is 0 Å². The standard InChI is InChI=1S/C12H12BrClN2S/c13-9-3-4-17-12(9)7-16-6-8-1-2-11(15)10(14)5-8/h1-5,16H,6-7,15H2. The first kappa shape index (κ1) is 12.9. The molecule has 0 bridgehead atoms. The third-order valence-electron chi connectivity index (χ3n) is 2.37. The molecule has 0 radical (unpaired) electrons. The Morgan fingerprint density at radius 2 is 2.12 bits per heavy atom. The number of halogens is 2. The predicted octanol–water partition coefficient (Wildman–Crippen LogP) is 4.04. The van der Waals surface area contributed by atoms with E-state index in [2.05, 4.69) is 32.7 Å². The van der Waals surface area contributed by atoms with E-state index in [0.29, 0.717) is 10.7 Å². The van der Waals surface area contributed by atoms with Crippen molar-refractivity contribution in [1.29, 1.82) is 0 Å². The van der Waals surface area contributed by atoms with E-state index in [1.165, 1.54) is 4.88 Å². The second kappa shape index (κ2) is 5.87. The molecule has 0 fully saturated rings. The van der Waals surface area contributed by atoms with Crippen LogP contribution in [0.15, 0.2) is 34.1 Å². The van der Waals surface area contributed by atoms with E-state index in [0.717, 1.165) is 23.1 Å². The number of hydrogen-bond donors (Lipinski definition) is 2. The highest BCUT2D eigenvalue weighted by Crippen LogP contribution is 2.23. The van der Waals surface area contributed by atoms with Gasteiger partial charge in [-0.2, -0.15) is 0 Å². The number of benzene rings is 1. The van der Waals surface area contributed by atoms with Crippen LogP contribution in [0.1, 0.15) is 10.4 Å². The summed E-state index contributed by atoms with van der Waals surface area (Å²) in [5, 5.41) is 6.06. The fourth-order valence-electron chi connectivity index (χ4n) is 1.45. The minimum Gasteiger partial charge on any atom is -0.398 e. The number of hydrogen-bond acceptors (Lipinski definition) is 3. The Morgan fingerprint density at radius 1 is 1.29 bits per heavy atom. The van der Waals surface area contributed by atoms with Crippen molar-refractivity contribution in [1.82, 2.24) is 5.32 Å². The third-order valence-corrected chi connectivity index (χ3v) is 4.62. The summed E-state index contributed by atoms with van der Waals surface area (Å²) in [6, 6.07) is 7.77. The Hall–Kier alpha value is -0.550. The third kappa shape index (κ3) is 3.45. The molecule has 90 valence electrons. The molecule has 0 unspecified atom stereocenters. The highest BCUT2D eigenvalue weighted by Gasteiger charge is 2.01. The highest BCUT2D eigenvalue weighted by molar-refractivity contribution is 9.10. The van der Waals surface area contributed by atoms with Crippen LogP contribution in [-0.4, -0.2) is 0 Å². The monoisotopic (exact) mass is 330 g/mol. The van der Waals surface area contributed by atoms with Crippen molar-refractivity contribution in [2.45, 2.75) is 13.1 Å². The lowest BCUT2D eigenvalue weighted by Crippen LogP contribution is -2.12. The Balaban J connectivity index is 1.90. The van der Waals surface area contributed by atoms with E-state index < -0.39 is 0 Å². The van der Waals surface area contributed by atoms with Crippen LogP contribution in [0.5, 0.6) is 0 Å². The van der Waals surface area contributed by atoms with Gasteiger partial charge in [0.15, 0.2) is 0 Å². The van der Waals surface area contributed by atoms with Crippen molar-refractivity contribution in [3.05, 3.63) is 49.6 Å². The highest BCUT2D eigenvalue weighted by atomic mass is 79.9. The van der Waals surface area contributed by atoms with Crippen LogP contribution in [0.3, 0.4) is 0 Å². The zero-order valence-electron chi connectivity index (χ0n) is 9.04. The minimum absolute atomic E-state index is 0.613. The summed E-state index contributed by atoms with van der Waals surface area (Å²) in [7, 11) is 0. The van der Waals surface area contributed by atoms with Gasteiger partial charge in [-0.05, 0) is 45.1 Å². The lowest BCUT2D eigenvalue weighted by molar-refractivity contribution is 0.699. The number of nitrogens with one attached hydrogen (secondary N) is 1. The Labute approximate surface area is 118 Å². The van der Waals surface area contributed by atoms with Gasteiger partial charge in [0.25, 0.3) is 0 Å². The van der Waals surface area contributed by atoms with Gasteiger partial charge in [0.2, 0.25) is 0 Å². The first-order chi connectivity index (χ1) is 8.16. The molecule has 5 heteroatoms. The molecule has 1 heterocycles. The van der Waals surface area contributed by atoms with Gasteiger partial charge in [-0.3, -0.25) is 0 Å². The SMILES string of the molecule is Nc1ccc(CNCc2sccc2Br)cc1Cl. The van der Waals surface area contributed by atoms with E-state index in [-0.39, 0.29) is 0 Å². The van der Waals surface area contributed by atoms with Crippen LogP contribution < -0.4 is 11.1 Å². The largest absolute Gasteiger partial charge is 0.398 e. The summed E-state index contributed by atoms with van der Waals surface area (Å²) in [6.45, 7) is 1.63. The molecule has 0 amide bonds. The van der Waals surface area contributed by atoms with Crippen LogP contribution in [0, 0.1) is 0 Å². The smallest absolute Gasteiger partial charge is 0.0638 e. The molecule has 2 rings (SSSR count). The van der Waals surface area contributed by atoms with Crippen molar-refractivity contribution in [2.24, 2.45) is 0 Å². The zero-order valence-corrected chi connectivity index (χ0v) is 12.2. The molecule has 2 nitrogen and oxygen atoms in total. The molecular weight excluding hydrogens is 320 g/mol. The van der Waals surface area contributed by atoms with Gasteiger partial charge in [-0.15, -0.1) is 11.3 Å². The summed E-state index contributed by atoms with van der Waals surface area (Å²) in [5.41, 5.74) is 7.42. The van der Waals surface area contributed by atoms with E-state index in [1.54, 1.807) is 11.3 Å². The number of nitrogens with two attached hydrogens (primary N) is 1. The van der Waals surface area contributed by atoms with Gasteiger partial charge in [0, 0.05) is 22.4 Å². The van der Waals surface area contributed by atoms with Gasteiger partial charge in [0.1, 0.15) is 0 Å². The molecule has 0 aliphatic rings. The fourth-order valence-corrected chi connectivity index (χ4v) is 3.12. The molecule has 2 aromatic rings. The topological polar surface area (TPSA) is 38.0 Å². The molecule has 0 saturated heterocycles. The van der Waals surface area contributed by atoms with E-state index in [9.17, 15) is 0 Å². The summed E-state index contributed by atoms with van der Waals surface area (Å²) >= 11 is 11.2. The average molecular weight is 332 g/mol. The van der Waals surface area contributed by atoms with Crippen molar-refractivity contribution in [2.75, 3.05) is 5.73 Å². The van der Waals surface area contributed by atoms with Crippen LogP contribution in [0.4, 0.5) is 5.69 Å². The Morgan fingerprint density at radius 3 is 2.76 bits per heavy atom. The van der Waals surface area contributed by atoms with E-state index in [1.807, 2.05) is 18.2 Å². The molecule has 0 saturated carbocycles. The van der Waals surface area contributed by atoms with Crippen molar-refractivity contribution in [3.8, 4) is 0 Å². The number of rotatable bonds is 4. The van der Waals surface area contributed by atoms with Crippen LogP contribution >= 0.6 is 38.9 Å². The second-order valence-electron chi connectivity index (χ2n) is 3.65. The second-order valence-corrected chi connectivity index (χ2v) is 5.91. The fraction of sp³-hybridized carbons (Fsp3) is 0.167. The first-order valence-corrected chi connectivity index (χ1v) is 7.18. The van der Waals surface area contributed by atoms with Crippen molar-refractivity contribution >= 4 is 44.6 Å². The molecule has 0 aliphatic heterocycles. The van der Waals surface area contributed by atoms with Gasteiger partial charge in [-0.25, -0.2) is 0 Å². The lowest BCUT2D eigenvalue weighted by atomic mass is 10.2. The molecule has 1 aromatic heterocycles. The number of nitrogen functional groups attached to an aromatic ring is 1. The first-order valence-electron chi connectivity index (χ1n) is 5.13. The number of thiophene rings is 1. The molecule has 17 heavy (non-hydrogen) atoms. The quantitative estimate of drug-likeness (QED) is 0.830. The minimum atomic E-state index is 0.613. The molecule has 0 atom stereocenters. The van der Waals surface area contributed by atoms with E-state index in [4.69, 9.17) is 17.3 Å². The van der Waals surface area contributed by atoms with Crippen LogP contribution in [0.2, 0.25) is 5.02 Å². The summed E-state index contributed by atoms with van der Waals surface area (Å²) in [4.78, 5) is 1.30. The predicted molar refractivity (Wildman–Crippen MR) is 78.4 cm³/mol. The lowest BCUT2D eigenvalue weighted by Gasteiger charge is -2.06. The zero-order chi connectivity index (χ0) is 12.3. The molecular formula is C12H12BrClN2S. The van der Waals surface area contributed by atoms with E-state index >= 15 is 0 Å². The Kier molecular flexibility index (Phi) is 4.45. The number of anilines is 1. The van der Waals surface area contributed by atoms with Gasteiger partial charge < -0.3 is 11.1 Å². The molecule has 1 aromatic carbocycles. The Bertz CT molecular complexity index is 513. The summed E-state index contributed by atoms with van der Waals surface area (Å²) < 4.78 is 1.16. The maximum atomic E-state index is 5.96. The molecule has 0 spiro atoms. The van der Waals surface area contributed by atoms with Crippen molar-refractivity contribution < 1.29 is 0 Å². The molecule has 3 N–H and O–H groups in total. The van der Waals surface area contributed by atoms with Crippen molar-refractivity contribution in [3.63, 3.8) is 0 Å². The summed E-state index contributed by atoms with van der Waals surface area (Å²) in [5.74, 6) is 0. The molecule has 0 aliphatic carbocycles. The maximum Gasteiger partial charge on any atom is 0.0638 e. The van der Waals surface area contributed by atoms with Gasteiger partial charge >= 0.3 is 0 Å². The summed E-state index contributed by atoms with van der Waals surface area (Å²) in [6.07, 6.45) is 0. The van der Waals surface area contributed by atoms with Gasteiger partial charge in [0.05, 0.1) is 10.7 Å².